The van der Waals surface area contributed by atoms with E-state index in [-0.39, 0.29) is 0 Å². The molecule has 27 heavy (non-hydrogen) atoms. The van der Waals surface area contributed by atoms with E-state index in [1.54, 1.807) is 17.0 Å². The van der Waals surface area contributed by atoms with E-state index in [1.165, 1.54) is 5.56 Å². The number of hydrogen-bond acceptors (Lipinski definition) is 3. The lowest BCUT2D eigenvalue weighted by atomic mass is 10.1. The van der Waals surface area contributed by atoms with Gasteiger partial charge in [-0.3, -0.25) is 19.4 Å². The standard InChI is InChI=1S/C21H23ClN3O2/c1-25(15-24-19-8-3-2-7-18(19)20(26)21(24)27)11-9-23(10-12-25)14-16-5-4-6-17(22)13-16/h2-8,13H,9-12,14-15H2,1H3/q+1. The van der Waals surface area contributed by atoms with E-state index in [0.717, 1.165) is 47.9 Å². The van der Waals surface area contributed by atoms with Crippen LogP contribution in [0.5, 0.6) is 0 Å². The molecule has 0 spiro atoms. The zero-order valence-corrected chi connectivity index (χ0v) is 16.2. The molecule has 2 aromatic carbocycles. The second-order valence-electron chi connectivity index (χ2n) is 7.69. The minimum Gasteiger partial charge on any atom is -0.306 e. The lowest BCUT2D eigenvalue weighted by molar-refractivity contribution is -0.912. The van der Waals surface area contributed by atoms with E-state index in [9.17, 15) is 9.59 Å². The molecule has 2 heterocycles. The highest BCUT2D eigenvalue weighted by atomic mass is 35.5. The fourth-order valence-corrected chi connectivity index (χ4v) is 4.13. The molecule has 0 aromatic heterocycles. The number of nitrogens with zero attached hydrogens (tertiary/aromatic N) is 3. The second-order valence-corrected chi connectivity index (χ2v) is 8.13. The average molecular weight is 385 g/mol. The Hall–Kier alpha value is -2.21. The van der Waals surface area contributed by atoms with Crippen LogP contribution in [0, 0.1) is 0 Å². The topological polar surface area (TPSA) is 40.6 Å². The fraction of sp³-hybridized carbons (Fsp3) is 0.333. The first-order chi connectivity index (χ1) is 13.0. The Bertz CT molecular complexity index is 891. The number of amides is 1. The summed E-state index contributed by atoms with van der Waals surface area (Å²) in [4.78, 5) is 28.7. The Labute approximate surface area is 164 Å². The first kappa shape index (κ1) is 18.2. The second kappa shape index (κ2) is 7.08. The van der Waals surface area contributed by atoms with E-state index in [0.29, 0.717) is 12.2 Å². The number of hydrogen-bond donors (Lipinski definition) is 0. The summed E-state index contributed by atoms with van der Waals surface area (Å²) in [5.41, 5.74) is 2.48. The van der Waals surface area contributed by atoms with Crippen LogP contribution in [-0.4, -0.2) is 61.0 Å². The molecule has 0 unspecified atom stereocenters. The lowest BCUT2D eigenvalue weighted by Crippen LogP contribution is -2.61. The van der Waals surface area contributed by atoms with Gasteiger partial charge in [0.15, 0.2) is 6.67 Å². The Morgan fingerprint density at radius 1 is 1.04 bits per heavy atom. The number of carbonyl (C=O) groups excluding carboxylic acids is 2. The highest BCUT2D eigenvalue weighted by Gasteiger charge is 2.40. The monoisotopic (exact) mass is 384 g/mol. The fourth-order valence-electron chi connectivity index (χ4n) is 3.91. The normalized spacial score (nSPS) is 19.4. The number of quaternary nitrogens is 1. The highest BCUT2D eigenvalue weighted by molar-refractivity contribution is 6.52. The van der Waals surface area contributed by atoms with Gasteiger partial charge in [0.1, 0.15) is 0 Å². The summed E-state index contributed by atoms with van der Waals surface area (Å²) in [5.74, 6) is -0.798. The van der Waals surface area contributed by atoms with Crippen molar-refractivity contribution in [3.8, 4) is 0 Å². The zero-order chi connectivity index (χ0) is 19.0. The van der Waals surface area contributed by atoms with E-state index < -0.39 is 11.7 Å². The van der Waals surface area contributed by atoms with Crippen LogP contribution >= 0.6 is 11.6 Å². The van der Waals surface area contributed by atoms with Crippen molar-refractivity contribution in [3.05, 3.63) is 64.7 Å². The van der Waals surface area contributed by atoms with Gasteiger partial charge in [0.25, 0.3) is 5.78 Å². The Morgan fingerprint density at radius 3 is 2.52 bits per heavy atom. The predicted molar refractivity (Wildman–Crippen MR) is 106 cm³/mol. The number of Topliss-reactive ketones (excluding diaryl/α,β-unsaturated/α-hetero) is 1. The van der Waals surface area contributed by atoms with Crippen molar-refractivity contribution in [2.75, 3.05) is 44.8 Å². The highest BCUT2D eigenvalue weighted by Crippen LogP contribution is 2.30. The van der Waals surface area contributed by atoms with E-state index in [1.807, 2.05) is 30.3 Å². The van der Waals surface area contributed by atoms with Gasteiger partial charge < -0.3 is 4.48 Å². The molecule has 1 fully saturated rings. The summed E-state index contributed by atoms with van der Waals surface area (Å²) in [5, 5.41) is 0.765. The molecule has 2 aliphatic rings. The van der Waals surface area contributed by atoms with Gasteiger partial charge in [-0.25, -0.2) is 0 Å². The molecule has 4 rings (SSSR count). The molecule has 1 amide bonds. The smallest absolute Gasteiger partial charge is 0.303 e. The number of carbonyl (C=O) groups is 2. The molecule has 0 saturated carbocycles. The molecule has 5 nitrogen and oxygen atoms in total. The van der Waals surface area contributed by atoms with E-state index in [2.05, 4.69) is 18.0 Å². The number of piperazine rings is 1. The number of benzene rings is 2. The van der Waals surface area contributed by atoms with Gasteiger partial charge in [-0.1, -0.05) is 35.9 Å². The van der Waals surface area contributed by atoms with Crippen LogP contribution in [0.4, 0.5) is 5.69 Å². The molecular weight excluding hydrogens is 362 g/mol. The van der Waals surface area contributed by atoms with Crippen LogP contribution in [0.25, 0.3) is 0 Å². The molecule has 140 valence electrons. The number of ketones is 1. The third-order valence-corrected chi connectivity index (χ3v) is 5.80. The molecule has 0 aliphatic carbocycles. The van der Waals surface area contributed by atoms with Crippen LogP contribution in [0.1, 0.15) is 15.9 Å². The summed E-state index contributed by atoms with van der Waals surface area (Å²) in [6.07, 6.45) is 0. The molecule has 2 aromatic rings. The van der Waals surface area contributed by atoms with Crippen LogP contribution in [0.2, 0.25) is 5.02 Å². The summed E-state index contributed by atoms with van der Waals surface area (Å²) in [6.45, 7) is 5.17. The molecule has 0 N–H and O–H groups in total. The number of likely N-dealkylation sites (N-methyl/N-ethyl adjacent to an activating group) is 1. The number of fused-ring (bicyclic) bond motifs is 1. The van der Waals surface area contributed by atoms with Gasteiger partial charge in [0.05, 0.1) is 31.4 Å². The predicted octanol–water partition coefficient (Wildman–Crippen LogP) is 2.79. The van der Waals surface area contributed by atoms with Gasteiger partial charge in [0.2, 0.25) is 0 Å². The van der Waals surface area contributed by atoms with Gasteiger partial charge in [-0.15, -0.1) is 0 Å². The molecule has 2 aliphatic heterocycles. The molecule has 6 heteroatoms. The van der Waals surface area contributed by atoms with Crippen LogP contribution in [0.3, 0.4) is 0 Å². The number of anilines is 1. The molecule has 0 atom stereocenters. The molecule has 0 radical (unpaired) electrons. The Morgan fingerprint density at radius 2 is 1.78 bits per heavy atom. The van der Waals surface area contributed by atoms with Crippen LogP contribution in [-0.2, 0) is 11.3 Å². The maximum atomic E-state index is 12.5. The third-order valence-electron chi connectivity index (χ3n) is 5.57. The number of rotatable bonds is 4. The maximum absolute atomic E-state index is 12.5. The summed E-state index contributed by atoms with van der Waals surface area (Å²) < 4.78 is 0.749. The van der Waals surface area contributed by atoms with Gasteiger partial charge >= 0.3 is 5.91 Å². The minimum atomic E-state index is -0.406. The molecule has 1 saturated heterocycles. The van der Waals surface area contributed by atoms with E-state index >= 15 is 0 Å². The van der Waals surface area contributed by atoms with E-state index in [4.69, 9.17) is 11.6 Å². The van der Waals surface area contributed by atoms with Crippen LogP contribution in [0.15, 0.2) is 48.5 Å². The van der Waals surface area contributed by atoms with Gasteiger partial charge in [0, 0.05) is 24.7 Å². The van der Waals surface area contributed by atoms with Crippen molar-refractivity contribution in [1.29, 1.82) is 0 Å². The molecular formula is C21H23ClN3O2+. The van der Waals surface area contributed by atoms with Crippen molar-refractivity contribution in [3.63, 3.8) is 0 Å². The SMILES string of the molecule is C[N+]1(CN2C(=O)C(=O)c3ccccc32)CCN(Cc2cccc(Cl)c2)CC1. The largest absolute Gasteiger partial charge is 0.306 e. The van der Waals surface area contributed by atoms with Crippen LogP contribution < -0.4 is 4.90 Å². The third kappa shape index (κ3) is 3.63. The first-order valence-electron chi connectivity index (χ1n) is 9.21. The zero-order valence-electron chi connectivity index (χ0n) is 15.4. The van der Waals surface area contributed by atoms with Gasteiger partial charge in [-0.05, 0) is 29.8 Å². The first-order valence-corrected chi connectivity index (χ1v) is 9.59. The summed E-state index contributed by atoms with van der Waals surface area (Å²) in [6, 6.07) is 15.3. The van der Waals surface area contributed by atoms with Crippen molar-refractivity contribution < 1.29 is 14.1 Å². The minimum absolute atomic E-state index is 0.392. The Kier molecular flexibility index (Phi) is 4.76. The van der Waals surface area contributed by atoms with Gasteiger partial charge in [-0.2, -0.15) is 0 Å². The Balaban J connectivity index is 1.41. The van der Waals surface area contributed by atoms with Crippen molar-refractivity contribution in [2.45, 2.75) is 6.54 Å². The lowest BCUT2D eigenvalue weighted by Gasteiger charge is -2.43. The molecule has 0 bridgehead atoms. The van der Waals surface area contributed by atoms with Crippen molar-refractivity contribution in [2.24, 2.45) is 0 Å². The van der Waals surface area contributed by atoms with Crippen molar-refractivity contribution >= 4 is 29.0 Å². The number of halogens is 1. The quantitative estimate of drug-likeness (QED) is 0.601. The summed E-state index contributed by atoms with van der Waals surface area (Å²) >= 11 is 6.08. The maximum Gasteiger partial charge on any atom is 0.303 e. The summed E-state index contributed by atoms with van der Waals surface area (Å²) in [7, 11) is 2.16. The average Bonchev–Trinajstić information content (AvgIpc) is 2.89. The number of para-hydroxylation sites is 1. The van der Waals surface area contributed by atoms with Crippen molar-refractivity contribution in [1.82, 2.24) is 4.90 Å².